The summed E-state index contributed by atoms with van der Waals surface area (Å²) >= 11 is 0. The highest BCUT2D eigenvalue weighted by molar-refractivity contribution is 5.66. The van der Waals surface area contributed by atoms with Crippen molar-refractivity contribution < 1.29 is 9.90 Å². The van der Waals surface area contributed by atoms with Gasteiger partial charge in [-0.25, -0.2) is 0 Å². The Bertz CT molecular complexity index is 138. The summed E-state index contributed by atoms with van der Waals surface area (Å²) < 4.78 is 0. The van der Waals surface area contributed by atoms with Gasteiger partial charge >= 0.3 is 5.97 Å². The van der Waals surface area contributed by atoms with Gasteiger partial charge in [0, 0.05) is 6.42 Å². The molecule has 0 saturated carbocycles. The van der Waals surface area contributed by atoms with E-state index in [4.69, 9.17) is 5.11 Å². The third kappa shape index (κ3) is 4.13. The average molecular weight is 142 g/mol. The minimum atomic E-state index is -0.729. The molecule has 0 aliphatic carbocycles. The van der Waals surface area contributed by atoms with Crippen LogP contribution >= 0.6 is 0 Å². The summed E-state index contributed by atoms with van der Waals surface area (Å²) in [5.41, 5.74) is 1.06. The maximum absolute atomic E-state index is 10.1. The zero-order chi connectivity index (χ0) is 8.15. The van der Waals surface area contributed by atoms with E-state index in [0.717, 1.165) is 5.57 Å². The van der Waals surface area contributed by atoms with Crippen molar-refractivity contribution in [1.82, 2.24) is 0 Å². The minimum Gasteiger partial charge on any atom is -0.481 e. The zero-order valence-electron chi connectivity index (χ0n) is 6.55. The molecular formula is C8H14O2. The molecule has 58 valence electrons. The number of carbonyl (C=O) groups is 1. The van der Waals surface area contributed by atoms with E-state index in [1.54, 1.807) is 0 Å². The largest absolute Gasteiger partial charge is 0.481 e. The molecule has 0 aromatic rings. The molecular weight excluding hydrogens is 128 g/mol. The van der Waals surface area contributed by atoms with Crippen LogP contribution in [-0.2, 0) is 4.79 Å². The zero-order valence-corrected chi connectivity index (χ0v) is 6.55. The molecule has 10 heavy (non-hydrogen) atoms. The predicted octanol–water partition coefficient (Wildman–Crippen LogP) is 2.06. The summed E-state index contributed by atoms with van der Waals surface area (Å²) in [7, 11) is 0. The Hall–Kier alpha value is -0.790. The van der Waals surface area contributed by atoms with Crippen molar-refractivity contribution in [3.63, 3.8) is 0 Å². The third-order valence-electron chi connectivity index (χ3n) is 1.63. The van der Waals surface area contributed by atoms with Crippen molar-refractivity contribution in [3.8, 4) is 0 Å². The van der Waals surface area contributed by atoms with Crippen LogP contribution < -0.4 is 0 Å². The highest BCUT2D eigenvalue weighted by Gasteiger charge is 2.04. The van der Waals surface area contributed by atoms with E-state index in [1.165, 1.54) is 0 Å². The Balaban J connectivity index is 3.49. The summed E-state index contributed by atoms with van der Waals surface area (Å²) in [4.78, 5) is 10.1. The van der Waals surface area contributed by atoms with Gasteiger partial charge in [-0.3, -0.25) is 4.79 Å². The van der Waals surface area contributed by atoms with Crippen LogP contribution in [0.4, 0.5) is 0 Å². The van der Waals surface area contributed by atoms with Gasteiger partial charge in [0.25, 0.3) is 0 Å². The standard InChI is InChI=1S/C8H14O2/c1-6(2)7(3)4-5-8(9)10/h7H,1,4-5H2,2-3H3,(H,9,10). The van der Waals surface area contributed by atoms with Gasteiger partial charge in [0.2, 0.25) is 0 Å². The Kier molecular flexibility index (Phi) is 3.77. The molecule has 0 amide bonds. The molecule has 2 heteroatoms. The second-order valence-corrected chi connectivity index (χ2v) is 2.68. The van der Waals surface area contributed by atoms with Gasteiger partial charge in [-0.05, 0) is 19.3 Å². The number of rotatable bonds is 4. The van der Waals surface area contributed by atoms with Crippen LogP contribution in [-0.4, -0.2) is 11.1 Å². The van der Waals surface area contributed by atoms with Crippen LogP contribution in [0.15, 0.2) is 12.2 Å². The van der Waals surface area contributed by atoms with Gasteiger partial charge < -0.3 is 5.11 Å². The summed E-state index contributed by atoms with van der Waals surface area (Å²) in [5, 5.41) is 8.31. The van der Waals surface area contributed by atoms with Gasteiger partial charge in [0.15, 0.2) is 0 Å². The first-order valence-electron chi connectivity index (χ1n) is 3.41. The van der Waals surface area contributed by atoms with Gasteiger partial charge in [-0.2, -0.15) is 0 Å². The van der Waals surface area contributed by atoms with Gasteiger partial charge in [0.1, 0.15) is 0 Å². The first-order chi connectivity index (χ1) is 4.54. The molecule has 0 saturated heterocycles. The Labute approximate surface area is 61.6 Å². The molecule has 0 aliphatic heterocycles. The van der Waals surface area contributed by atoms with Crippen LogP contribution in [0.25, 0.3) is 0 Å². The van der Waals surface area contributed by atoms with Crippen molar-refractivity contribution in [2.45, 2.75) is 26.7 Å². The summed E-state index contributed by atoms with van der Waals surface area (Å²) in [6.07, 6.45) is 0.943. The van der Waals surface area contributed by atoms with E-state index in [9.17, 15) is 4.79 Å². The number of aliphatic carboxylic acids is 1. The second kappa shape index (κ2) is 4.09. The predicted molar refractivity (Wildman–Crippen MR) is 40.8 cm³/mol. The second-order valence-electron chi connectivity index (χ2n) is 2.68. The minimum absolute atomic E-state index is 0.244. The highest BCUT2D eigenvalue weighted by atomic mass is 16.4. The molecule has 0 radical (unpaired) electrons. The van der Waals surface area contributed by atoms with Crippen LogP contribution in [0, 0.1) is 5.92 Å². The smallest absolute Gasteiger partial charge is 0.303 e. The van der Waals surface area contributed by atoms with Crippen molar-refractivity contribution in [2.75, 3.05) is 0 Å². The van der Waals surface area contributed by atoms with Gasteiger partial charge in [-0.1, -0.05) is 19.1 Å². The molecule has 0 bridgehead atoms. The summed E-state index contributed by atoms with van der Waals surface area (Å²) in [6, 6.07) is 0. The number of carboxylic acid groups (broad SMARTS) is 1. The number of hydrogen-bond donors (Lipinski definition) is 1. The van der Waals surface area contributed by atoms with Crippen LogP contribution in [0.5, 0.6) is 0 Å². The van der Waals surface area contributed by atoms with E-state index in [1.807, 2.05) is 13.8 Å². The van der Waals surface area contributed by atoms with E-state index < -0.39 is 5.97 Å². The van der Waals surface area contributed by atoms with Gasteiger partial charge in [-0.15, -0.1) is 0 Å². The third-order valence-corrected chi connectivity index (χ3v) is 1.63. The van der Waals surface area contributed by atoms with E-state index in [-0.39, 0.29) is 6.42 Å². The molecule has 2 nitrogen and oxygen atoms in total. The fraction of sp³-hybridized carbons (Fsp3) is 0.625. The SMILES string of the molecule is C=C(C)C(C)CCC(=O)O. The number of allylic oxidation sites excluding steroid dienone is 1. The topological polar surface area (TPSA) is 37.3 Å². The lowest BCUT2D eigenvalue weighted by Crippen LogP contribution is -2.01. The fourth-order valence-corrected chi connectivity index (χ4v) is 0.586. The molecule has 0 spiro atoms. The monoisotopic (exact) mass is 142 g/mol. The molecule has 1 N–H and O–H groups in total. The maximum Gasteiger partial charge on any atom is 0.303 e. The van der Waals surface area contributed by atoms with Crippen LogP contribution in [0.1, 0.15) is 26.7 Å². The Morgan fingerprint density at radius 3 is 2.50 bits per heavy atom. The lowest BCUT2D eigenvalue weighted by molar-refractivity contribution is -0.137. The quantitative estimate of drug-likeness (QED) is 0.610. The van der Waals surface area contributed by atoms with Crippen LogP contribution in [0.3, 0.4) is 0 Å². The fourth-order valence-electron chi connectivity index (χ4n) is 0.586. The Morgan fingerprint density at radius 1 is 1.70 bits per heavy atom. The van der Waals surface area contributed by atoms with E-state index in [2.05, 4.69) is 6.58 Å². The molecule has 1 unspecified atom stereocenters. The maximum atomic E-state index is 10.1. The molecule has 0 heterocycles. The van der Waals surface area contributed by atoms with E-state index >= 15 is 0 Å². The normalized spacial score (nSPS) is 12.6. The average Bonchev–Trinajstić information content (AvgIpc) is 1.82. The molecule has 0 rings (SSSR count). The number of carboxylic acids is 1. The van der Waals surface area contributed by atoms with Crippen molar-refractivity contribution in [2.24, 2.45) is 5.92 Å². The van der Waals surface area contributed by atoms with E-state index in [0.29, 0.717) is 12.3 Å². The molecule has 0 aliphatic rings. The molecule has 0 aromatic heterocycles. The summed E-state index contributed by atoms with van der Waals surface area (Å²) in [5.74, 6) is -0.399. The van der Waals surface area contributed by atoms with Crippen molar-refractivity contribution in [3.05, 3.63) is 12.2 Å². The summed E-state index contributed by atoms with van der Waals surface area (Å²) in [6.45, 7) is 7.65. The van der Waals surface area contributed by atoms with Gasteiger partial charge in [0.05, 0.1) is 0 Å². The van der Waals surface area contributed by atoms with Crippen molar-refractivity contribution >= 4 is 5.97 Å². The highest BCUT2D eigenvalue weighted by Crippen LogP contribution is 2.13. The first-order valence-corrected chi connectivity index (χ1v) is 3.41. The lowest BCUT2D eigenvalue weighted by Gasteiger charge is -2.07. The van der Waals surface area contributed by atoms with Crippen LogP contribution in [0.2, 0.25) is 0 Å². The number of hydrogen-bond acceptors (Lipinski definition) is 1. The molecule has 0 aromatic carbocycles. The Morgan fingerprint density at radius 2 is 2.20 bits per heavy atom. The van der Waals surface area contributed by atoms with Crippen molar-refractivity contribution in [1.29, 1.82) is 0 Å². The molecule has 1 atom stereocenters. The first kappa shape index (κ1) is 9.21. The lowest BCUT2D eigenvalue weighted by atomic mass is 9.99. The molecule has 0 fully saturated rings.